The first-order valence-corrected chi connectivity index (χ1v) is 7.74. The Kier molecular flexibility index (Phi) is 4.60. The van der Waals surface area contributed by atoms with Crippen LogP contribution in [0.3, 0.4) is 0 Å². The van der Waals surface area contributed by atoms with E-state index in [0.717, 1.165) is 21.8 Å². The van der Waals surface area contributed by atoms with Crippen LogP contribution in [0.5, 0.6) is 0 Å². The van der Waals surface area contributed by atoms with Crippen molar-refractivity contribution in [1.82, 2.24) is 4.98 Å². The first-order chi connectivity index (χ1) is 8.20. The number of thiazole rings is 1. The SMILES string of the molecule is Cc1ncc(CC(CBr)c2ccccc2Cl)s1. The van der Waals surface area contributed by atoms with E-state index in [4.69, 9.17) is 11.6 Å². The fourth-order valence-corrected chi connectivity index (χ4v) is 3.54. The molecule has 2 aromatic rings. The summed E-state index contributed by atoms with van der Waals surface area (Å²) >= 11 is 11.6. The normalized spacial score (nSPS) is 12.6. The molecule has 1 aromatic heterocycles. The van der Waals surface area contributed by atoms with Gasteiger partial charge in [0.2, 0.25) is 0 Å². The maximum Gasteiger partial charge on any atom is 0.0896 e. The predicted octanol–water partition coefficient (Wildman–Crippen LogP) is 4.83. The lowest BCUT2D eigenvalue weighted by atomic mass is 9.97. The van der Waals surface area contributed by atoms with Crippen molar-refractivity contribution in [1.29, 1.82) is 0 Å². The van der Waals surface area contributed by atoms with Gasteiger partial charge in [0.1, 0.15) is 0 Å². The number of alkyl halides is 1. The van der Waals surface area contributed by atoms with Gasteiger partial charge in [-0.05, 0) is 30.9 Å². The largest absolute Gasteiger partial charge is 0.250 e. The molecule has 0 aliphatic heterocycles. The van der Waals surface area contributed by atoms with Gasteiger partial charge in [-0.15, -0.1) is 11.3 Å². The second-order valence-electron chi connectivity index (χ2n) is 3.92. The summed E-state index contributed by atoms with van der Waals surface area (Å²) in [5, 5.41) is 2.87. The van der Waals surface area contributed by atoms with E-state index >= 15 is 0 Å². The maximum atomic E-state index is 6.24. The van der Waals surface area contributed by atoms with Crippen molar-refractivity contribution in [3.63, 3.8) is 0 Å². The molecule has 0 saturated carbocycles. The Bertz CT molecular complexity index is 498. The highest BCUT2D eigenvalue weighted by Gasteiger charge is 2.15. The topological polar surface area (TPSA) is 12.9 Å². The summed E-state index contributed by atoms with van der Waals surface area (Å²) in [5.74, 6) is 0.406. The summed E-state index contributed by atoms with van der Waals surface area (Å²) in [6.07, 6.45) is 2.95. The molecule has 1 heterocycles. The number of aromatic nitrogens is 1. The van der Waals surface area contributed by atoms with Gasteiger partial charge >= 0.3 is 0 Å². The van der Waals surface area contributed by atoms with E-state index in [1.165, 1.54) is 10.4 Å². The standard InChI is InChI=1S/C13H13BrClNS/c1-9-16-8-11(17-9)6-10(7-14)12-4-2-3-5-13(12)15/h2-5,8,10H,6-7H2,1H3. The predicted molar refractivity (Wildman–Crippen MR) is 78.5 cm³/mol. The van der Waals surface area contributed by atoms with Gasteiger partial charge in [-0.1, -0.05) is 45.7 Å². The van der Waals surface area contributed by atoms with Crippen LogP contribution in [0.25, 0.3) is 0 Å². The zero-order valence-corrected chi connectivity index (χ0v) is 12.6. The molecule has 0 bridgehead atoms. The van der Waals surface area contributed by atoms with Crippen LogP contribution in [0.15, 0.2) is 30.5 Å². The average Bonchev–Trinajstić information content (AvgIpc) is 2.73. The van der Waals surface area contributed by atoms with Crippen LogP contribution < -0.4 is 0 Å². The highest BCUT2D eigenvalue weighted by Crippen LogP contribution is 2.30. The molecule has 0 radical (unpaired) electrons. The molecule has 1 aromatic carbocycles. The lowest BCUT2D eigenvalue weighted by molar-refractivity contribution is 0.784. The molecule has 1 atom stereocenters. The zero-order chi connectivity index (χ0) is 12.3. The van der Waals surface area contributed by atoms with E-state index in [1.54, 1.807) is 11.3 Å². The monoisotopic (exact) mass is 329 g/mol. The molecule has 0 aliphatic carbocycles. The van der Waals surface area contributed by atoms with Crippen LogP contribution in [-0.4, -0.2) is 10.3 Å². The fourth-order valence-electron chi connectivity index (χ4n) is 1.80. The van der Waals surface area contributed by atoms with Gasteiger partial charge in [-0.3, -0.25) is 0 Å². The van der Waals surface area contributed by atoms with Crippen LogP contribution >= 0.6 is 38.9 Å². The van der Waals surface area contributed by atoms with E-state index in [2.05, 4.69) is 27.0 Å². The van der Waals surface area contributed by atoms with Crippen LogP contribution in [0, 0.1) is 6.92 Å². The number of hydrogen-bond donors (Lipinski definition) is 0. The molecule has 2 rings (SSSR count). The maximum absolute atomic E-state index is 6.24. The highest BCUT2D eigenvalue weighted by molar-refractivity contribution is 9.09. The second-order valence-corrected chi connectivity index (χ2v) is 6.30. The zero-order valence-electron chi connectivity index (χ0n) is 9.49. The van der Waals surface area contributed by atoms with E-state index in [0.29, 0.717) is 5.92 Å². The van der Waals surface area contributed by atoms with Crippen molar-refractivity contribution in [2.45, 2.75) is 19.3 Å². The summed E-state index contributed by atoms with van der Waals surface area (Å²) in [4.78, 5) is 5.60. The van der Waals surface area contributed by atoms with Gasteiger partial charge in [0, 0.05) is 21.4 Å². The molecule has 0 fully saturated rings. The van der Waals surface area contributed by atoms with Crippen molar-refractivity contribution in [2.24, 2.45) is 0 Å². The number of nitrogens with zero attached hydrogens (tertiary/aromatic N) is 1. The highest BCUT2D eigenvalue weighted by atomic mass is 79.9. The van der Waals surface area contributed by atoms with Crippen molar-refractivity contribution in [2.75, 3.05) is 5.33 Å². The number of hydrogen-bond acceptors (Lipinski definition) is 2. The number of rotatable bonds is 4. The minimum atomic E-state index is 0.406. The Morgan fingerprint density at radius 1 is 1.41 bits per heavy atom. The first-order valence-electron chi connectivity index (χ1n) is 5.42. The van der Waals surface area contributed by atoms with Gasteiger partial charge in [0.25, 0.3) is 0 Å². The Morgan fingerprint density at radius 2 is 2.18 bits per heavy atom. The number of aryl methyl sites for hydroxylation is 1. The molecule has 1 unspecified atom stereocenters. The third-order valence-electron chi connectivity index (χ3n) is 2.65. The molecule has 4 heteroatoms. The van der Waals surface area contributed by atoms with Crippen LogP contribution in [0.4, 0.5) is 0 Å². The molecule has 17 heavy (non-hydrogen) atoms. The molecule has 0 N–H and O–H groups in total. The lowest BCUT2D eigenvalue weighted by Crippen LogP contribution is -2.04. The van der Waals surface area contributed by atoms with Crippen LogP contribution in [0.2, 0.25) is 5.02 Å². The quantitative estimate of drug-likeness (QED) is 0.732. The Hall–Kier alpha value is -0.380. The lowest BCUT2D eigenvalue weighted by Gasteiger charge is -2.14. The van der Waals surface area contributed by atoms with Gasteiger partial charge in [-0.25, -0.2) is 4.98 Å². The fraction of sp³-hybridized carbons (Fsp3) is 0.308. The van der Waals surface area contributed by atoms with Crippen LogP contribution in [0.1, 0.15) is 21.4 Å². The first kappa shape index (κ1) is 13.1. The molecule has 0 amide bonds. The minimum absolute atomic E-state index is 0.406. The third-order valence-corrected chi connectivity index (χ3v) is 4.71. The van der Waals surface area contributed by atoms with E-state index in [9.17, 15) is 0 Å². The summed E-state index contributed by atoms with van der Waals surface area (Å²) in [6, 6.07) is 8.05. The number of benzene rings is 1. The molecule has 1 nitrogen and oxygen atoms in total. The van der Waals surface area contributed by atoms with Gasteiger partial charge in [-0.2, -0.15) is 0 Å². The second kappa shape index (κ2) is 5.98. The summed E-state index contributed by atoms with van der Waals surface area (Å²) in [6.45, 7) is 2.03. The molecule has 0 aliphatic rings. The van der Waals surface area contributed by atoms with E-state index < -0.39 is 0 Å². The smallest absolute Gasteiger partial charge is 0.0896 e. The summed E-state index contributed by atoms with van der Waals surface area (Å²) in [7, 11) is 0. The third kappa shape index (κ3) is 3.30. The van der Waals surface area contributed by atoms with Crippen molar-refractivity contribution >= 4 is 38.9 Å². The van der Waals surface area contributed by atoms with Gasteiger partial charge < -0.3 is 0 Å². The van der Waals surface area contributed by atoms with Crippen molar-refractivity contribution < 1.29 is 0 Å². The molecular weight excluding hydrogens is 318 g/mol. The molecule has 0 spiro atoms. The van der Waals surface area contributed by atoms with Crippen molar-refractivity contribution in [3.05, 3.63) is 50.9 Å². The average molecular weight is 331 g/mol. The molecular formula is C13H13BrClNS. The number of halogens is 2. The van der Waals surface area contributed by atoms with Crippen molar-refractivity contribution in [3.8, 4) is 0 Å². The Labute approximate surface area is 119 Å². The summed E-state index contributed by atoms with van der Waals surface area (Å²) < 4.78 is 0. The Morgan fingerprint density at radius 3 is 2.76 bits per heavy atom. The van der Waals surface area contributed by atoms with Crippen LogP contribution in [-0.2, 0) is 6.42 Å². The van der Waals surface area contributed by atoms with E-state index in [-0.39, 0.29) is 0 Å². The van der Waals surface area contributed by atoms with Gasteiger partial charge in [0.15, 0.2) is 0 Å². The summed E-state index contributed by atoms with van der Waals surface area (Å²) in [5.41, 5.74) is 1.21. The Balaban J connectivity index is 2.20. The van der Waals surface area contributed by atoms with Gasteiger partial charge in [0.05, 0.1) is 5.01 Å². The van der Waals surface area contributed by atoms with E-state index in [1.807, 2.05) is 31.3 Å². The minimum Gasteiger partial charge on any atom is -0.250 e. The molecule has 90 valence electrons. The molecule has 0 saturated heterocycles.